The number of piperazine rings is 1. The second kappa shape index (κ2) is 5.25. The third-order valence-electron chi connectivity index (χ3n) is 4.01. The number of hydrogen-bond acceptors (Lipinski definition) is 3. The standard InChI is InChI=1S/C15H19N3O2/c1-10-9-16-6-7-18(10)15(20)12-2-4-13-11(8-12)3-5-14(19)17-13/h2,4,8,10,16H,3,5-7,9H2,1H3,(H,17,19). The number of aryl methyl sites for hydroxylation is 1. The Hall–Kier alpha value is -1.88. The van der Waals surface area contributed by atoms with Crippen molar-refractivity contribution in [2.24, 2.45) is 0 Å². The van der Waals surface area contributed by atoms with Crippen molar-refractivity contribution in [3.63, 3.8) is 0 Å². The van der Waals surface area contributed by atoms with Crippen LogP contribution in [0.5, 0.6) is 0 Å². The average molecular weight is 273 g/mol. The minimum absolute atomic E-state index is 0.0484. The van der Waals surface area contributed by atoms with Crippen LogP contribution in [-0.4, -0.2) is 42.4 Å². The Morgan fingerprint density at radius 1 is 1.35 bits per heavy atom. The quantitative estimate of drug-likeness (QED) is 0.802. The smallest absolute Gasteiger partial charge is 0.254 e. The lowest BCUT2D eigenvalue weighted by Crippen LogP contribution is -2.52. The molecule has 2 heterocycles. The molecule has 1 aromatic rings. The summed E-state index contributed by atoms with van der Waals surface area (Å²) in [6, 6.07) is 5.78. The van der Waals surface area contributed by atoms with Crippen LogP contribution in [0.4, 0.5) is 5.69 Å². The highest BCUT2D eigenvalue weighted by atomic mass is 16.2. The van der Waals surface area contributed by atoms with E-state index in [2.05, 4.69) is 17.6 Å². The van der Waals surface area contributed by atoms with Gasteiger partial charge in [0.2, 0.25) is 5.91 Å². The van der Waals surface area contributed by atoms with Gasteiger partial charge in [-0.15, -0.1) is 0 Å². The Morgan fingerprint density at radius 2 is 2.20 bits per heavy atom. The van der Waals surface area contributed by atoms with Crippen molar-refractivity contribution in [1.29, 1.82) is 0 Å². The number of nitrogens with zero attached hydrogens (tertiary/aromatic N) is 1. The van der Waals surface area contributed by atoms with Gasteiger partial charge in [-0.25, -0.2) is 0 Å². The predicted molar refractivity (Wildman–Crippen MR) is 76.8 cm³/mol. The maximum absolute atomic E-state index is 12.6. The highest BCUT2D eigenvalue weighted by Gasteiger charge is 2.25. The van der Waals surface area contributed by atoms with E-state index in [1.807, 2.05) is 23.1 Å². The second-order valence-corrected chi connectivity index (χ2v) is 5.47. The number of carbonyl (C=O) groups is 2. The lowest BCUT2D eigenvalue weighted by atomic mass is 9.99. The summed E-state index contributed by atoms with van der Waals surface area (Å²) in [5, 5.41) is 6.12. The summed E-state index contributed by atoms with van der Waals surface area (Å²) in [6.45, 7) is 4.49. The summed E-state index contributed by atoms with van der Waals surface area (Å²) < 4.78 is 0. The lowest BCUT2D eigenvalue weighted by Gasteiger charge is -2.34. The largest absolute Gasteiger partial charge is 0.333 e. The van der Waals surface area contributed by atoms with Crippen molar-refractivity contribution >= 4 is 17.5 Å². The zero-order valence-corrected chi connectivity index (χ0v) is 11.6. The van der Waals surface area contributed by atoms with Crippen molar-refractivity contribution in [3.05, 3.63) is 29.3 Å². The predicted octanol–water partition coefficient (Wildman–Crippen LogP) is 1.01. The number of fused-ring (bicyclic) bond motifs is 1. The third-order valence-corrected chi connectivity index (χ3v) is 4.01. The molecule has 0 aromatic heterocycles. The van der Waals surface area contributed by atoms with Crippen LogP contribution >= 0.6 is 0 Å². The molecule has 20 heavy (non-hydrogen) atoms. The molecular formula is C15H19N3O2. The summed E-state index contributed by atoms with van der Waals surface area (Å²) in [5.74, 6) is 0.131. The second-order valence-electron chi connectivity index (χ2n) is 5.47. The van der Waals surface area contributed by atoms with Crippen LogP contribution in [0.15, 0.2) is 18.2 Å². The summed E-state index contributed by atoms with van der Waals surface area (Å²) in [5.41, 5.74) is 2.61. The minimum Gasteiger partial charge on any atom is -0.333 e. The molecule has 2 amide bonds. The fraction of sp³-hybridized carbons (Fsp3) is 0.467. The molecule has 0 bridgehead atoms. The van der Waals surface area contributed by atoms with Crippen molar-refractivity contribution in [2.45, 2.75) is 25.8 Å². The molecule has 1 unspecified atom stereocenters. The maximum Gasteiger partial charge on any atom is 0.254 e. The Bertz CT molecular complexity index is 556. The van der Waals surface area contributed by atoms with E-state index in [1.54, 1.807) is 0 Å². The van der Waals surface area contributed by atoms with Crippen molar-refractivity contribution in [2.75, 3.05) is 25.0 Å². The molecular weight excluding hydrogens is 254 g/mol. The van der Waals surface area contributed by atoms with Crippen molar-refractivity contribution < 1.29 is 9.59 Å². The van der Waals surface area contributed by atoms with Gasteiger partial charge < -0.3 is 15.5 Å². The van der Waals surface area contributed by atoms with Gasteiger partial charge in [-0.2, -0.15) is 0 Å². The van der Waals surface area contributed by atoms with E-state index in [0.717, 1.165) is 30.9 Å². The number of carbonyl (C=O) groups excluding carboxylic acids is 2. The van der Waals surface area contributed by atoms with Crippen LogP contribution in [-0.2, 0) is 11.2 Å². The molecule has 0 radical (unpaired) electrons. The molecule has 5 heteroatoms. The fourth-order valence-electron chi connectivity index (χ4n) is 2.83. The van der Waals surface area contributed by atoms with Gasteiger partial charge in [0.25, 0.3) is 5.91 Å². The molecule has 0 spiro atoms. The van der Waals surface area contributed by atoms with Gasteiger partial charge in [0.15, 0.2) is 0 Å². The van der Waals surface area contributed by atoms with Gasteiger partial charge in [-0.05, 0) is 37.1 Å². The van der Waals surface area contributed by atoms with Gasteiger partial charge in [0.05, 0.1) is 0 Å². The number of nitrogens with one attached hydrogen (secondary N) is 2. The number of benzene rings is 1. The van der Waals surface area contributed by atoms with Gasteiger partial charge in [0.1, 0.15) is 0 Å². The van der Waals surface area contributed by atoms with Crippen LogP contribution in [0.25, 0.3) is 0 Å². The van der Waals surface area contributed by atoms with Gasteiger partial charge in [0, 0.05) is 43.3 Å². The van der Waals surface area contributed by atoms with Crippen LogP contribution in [0.3, 0.4) is 0 Å². The Balaban J connectivity index is 1.83. The molecule has 0 aliphatic carbocycles. The summed E-state index contributed by atoms with van der Waals surface area (Å²) >= 11 is 0. The molecule has 106 valence electrons. The van der Waals surface area contributed by atoms with E-state index in [1.165, 1.54) is 0 Å². The zero-order chi connectivity index (χ0) is 14.1. The first-order valence-corrected chi connectivity index (χ1v) is 7.09. The molecule has 1 saturated heterocycles. The molecule has 5 nitrogen and oxygen atoms in total. The number of rotatable bonds is 1. The molecule has 1 aromatic carbocycles. The fourth-order valence-corrected chi connectivity index (χ4v) is 2.83. The molecule has 2 N–H and O–H groups in total. The van der Waals surface area contributed by atoms with E-state index in [0.29, 0.717) is 18.4 Å². The number of hydrogen-bond donors (Lipinski definition) is 2. The van der Waals surface area contributed by atoms with E-state index in [9.17, 15) is 9.59 Å². The summed E-state index contributed by atoms with van der Waals surface area (Å²) in [7, 11) is 0. The molecule has 2 aliphatic rings. The van der Waals surface area contributed by atoms with E-state index in [4.69, 9.17) is 0 Å². The highest BCUT2D eigenvalue weighted by molar-refractivity contribution is 5.98. The third kappa shape index (κ3) is 2.41. The Labute approximate surface area is 118 Å². The highest BCUT2D eigenvalue weighted by Crippen LogP contribution is 2.24. The first kappa shape index (κ1) is 13.1. The Kier molecular flexibility index (Phi) is 3.44. The number of anilines is 1. The normalized spacial score (nSPS) is 22.1. The van der Waals surface area contributed by atoms with Crippen LogP contribution in [0.1, 0.15) is 29.3 Å². The minimum atomic E-state index is 0.0484. The van der Waals surface area contributed by atoms with Gasteiger partial charge >= 0.3 is 0 Å². The van der Waals surface area contributed by atoms with Crippen LogP contribution in [0.2, 0.25) is 0 Å². The summed E-state index contributed by atoms with van der Waals surface area (Å²) in [4.78, 5) is 25.8. The molecule has 3 rings (SSSR count). The van der Waals surface area contributed by atoms with Crippen molar-refractivity contribution in [1.82, 2.24) is 10.2 Å². The average Bonchev–Trinajstić information content (AvgIpc) is 2.46. The van der Waals surface area contributed by atoms with E-state index < -0.39 is 0 Å². The van der Waals surface area contributed by atoms with Crippen LogP contribution in [0, 0.1) is 0 Å². The molecule has 1 atom stereocenters. The monoisotopic (exact) mass is 273 g/mol. The lowest BCUT2D eigenvalue weighted by molar-refractivity contribution is -0.116. The van der Waals surface area contributed by atoms with Gasteiger partial charge in [-0.1, -0.05) is 0 Å². The first-order chi connectivity index (χ1) is 9.65. The van der Waals surface area contributed by atoms with E-state index in [-0.39, 0.29) is 17.9 Å². The SMILES string of the molecule is CC1CNCCN1C(=O)c1ccc2c(c1)CCC(=O)N2. The molecule has 1 fully saturated rings. The summed E-state index contributed by atoms with van der Waals surface area (Å²) in [6.07, 6.45) is 1.20. The maximum atomic E-state index is 12.6. The van der Waals surface area contributed by atoms with Gasteiger partial charge in [-0.3, -0.25) is 9.59 Å². The van der Waals surface area contributed by atoms with Crippen LogP contribution < -0.4 is 10.6 Å². The topological polar surface area (TPSA) is 61.4 Å². The first-order valence-electron chi connectivity index (χ1n) is 7.09. The zero-order valence-electron chi connectivity index (χ0n) is 11.6. The number of amides is 2. The Morgan fingerprint density at radius 3 is 3.00 bits per heavy atom. The molecule has 0 saturated carbocycles. The van der Waals surface area contributed by atoms with E-state index >= 15 is 0 Å². The molecule has 2 aliphatic heterocycles. The van der Waals surface area contributed by atoms with Crippen molar-refractivity contribution in [3.8, 4) is 0 Å².